The molecular formula is C21H23N3O3S. The van der Waals surface area contributed by atoms with Gasteiger partial charge in [0, 0.05) is 29.9 Å². The molecule has 0 atom stereocenters. The van der Waals surface area contributed by atoms with Gasteiger partial charge in [-0.15, -0.1) is 11.3 Å². The van der Waals surface area contributed by atoms with Crippen LogP contribution < -0.4 is 5.56 Å². The van der Waals surface area contributed by atoms with E-state index in [-0.39, 0.29) is 17.5 Å². The minimum absolute atomic E-state index is 0.0731. The molecule has 3 aromatic rings. The maximum absolute atomic E-state index is 13.5. The molecule has 2 fully saturated rings. The molecule has 0 radical (unpaired) electrons. The van der Waals surface area contributed by atoms with Crippen molar-refractivity contribution in [3.05, 3.63) is 50.8 Å². The summed E-state index contributed by atoms with van der Waals surface area (Å²) in [6.45, 7) is 5.32. The van der Waals surface area contributed by atoms with Gasteiger partial charge in [-0.1, -0.05) is 0 Å². The predicted octanol–water partition coefficient (Wildman–Crippen LogP) is 4.02. The fourth-order valence-corrected chi connectivity index (χ4v) is 5.21. The summed E-state index contributed by atoms with van der Waals surface area (Å²) in [6.07, 6.45) is 5.27. The molecule has 6 nitrogen and oxygen atoms in total. The second kappa shape index (κ2) is 6.58. The van der Waals surface area contributed by atoms with Gasteiger partial charge in [-0.3, -0.25) is 14.2 Å². The molecule has 0 bridgehead atoms. The van der Waals surface area contributed by atoms with Crippen LogP contribution in [0.1, 0.15) is 64.5 Å². The van der Waals surface area contributed by atoms with E-state index in [4.69, 9.17) is 9.40 Å². The number of hydrogen-bond donors (Lipinski definition) is 0. The predicted molar refractivity (Wildman–Crippen MR) is 108 cm³/mol. The quantitative estimate of drug-likeness (QED) is 0.669. The van der Waals surface area contributed by atoms with Crippen molar-refractivity contribution in [3.63, 3.8) is 0 Å². The van der Waals surface area contributed by atoms with Crippen LogP contribution in [0, 0.1) is 13.8 Å². The summed E-state index contributed by atoms with van der Waals surface area (Å²) < 4.78 is 7.21. The van der Waals surface area contributed by atoms with Gasteiger partial charge in [0.1, 0.15) is 10.7 Å². The number of hydrogen-bond acceptors (Lipinski definition) is 5. The molecule has 1 aliphatic heterocycles. The molecule has 4 heterocycles. The molecule has 0 N–H and O–H groups in total. The van der Waals surface area contributed by atoms with Crippen molar-refractivity contribution in [1.82, 2.24) is 14.5 Å². The second-order valence-corrected chi connectivity index (χ2v) is 9.09. The average Bonchev–Trinajstić information content (AvgIpc) is 3.31. The lowest BCUT2D eigenvalue weighted by Gasteiger charge is -2.33. The number of aryl methyl sites for hydroxylation is 2. The van der Waals surface area contributed by atoms with Crippen molar-refractivity contribution < 1.29 is 9.21 Å². The minimum atomic E-state index is -0.0731. The van der Waals surface area contributed by atoms with Gasteiger partial charge in [0.15, 0.2) is 5.76 Å². The Morgan fingerprint density at radius 1 is 1.21 bits per heavy atom. The number of fused-ring (bicyclic) bond motifs is 1. The number of nitrogens with zero attached hydrogens (tertiary/aromatic N) is 3. The van der Waals surface area contributed by atoms with Gasteiger partial charge in [-0.05, 0) is 57.2 Å². The summed E-state index contributed by atoms with van der Waals surface area (Å²) in [6, 6.07) is 3.53. The number of rotatable bonds is 3. The van der Waals surface area contributed by atoms with Crippen molar-refractivity contribution in [2.75, 3.05) is 13.1 Å². The van der Waals surface area contributed by atoms with Crippen molar-refractivity contribution >= 4 is 27.5 Å². The van der Waals surface area contributed by atoms with Crippen LogP contribution in [-0.2, 0) is 0 Å². The second-order valence-electron chi connectivity index (χ2n) is 7.88. The van der Waals surface area contributed by atoms with Crippen LogP contribution in [0.2, 0.25) is 0 Å². The Bertz CT molecular complexity index is 1100. The van der Waals surface area contributed by atoms with E-state index in [0.29, 0.717) is 24.8 Å². The lowest BCUT2D eigenvalue weighted by molar-refractivity contribution is 0.0660. The van der Waals surface area contributed by atoms with E-state index >= 15 is 0 Å². The topological polar surface area (TPSA) is 68.3 Å². The first-order valence-electron chi connectivity index (χ1n) is 9.89. The average molecular weight is 398 g/mol. The van der Waals surface area contributed by atoms with Crippen LogP contribution >= 0.6 is 11.3 Å². The molecule has 7 heteroatoms. The maximum atomic E-state index is 13.5. The first-order chi connectivity index (χ1) is 13.5. The van der Waals surface area contributed by atoms with Crippen LogP contribution in [0.3, 0.4) is 0 Å². The van der Waals surface area contributed by atoms with Crippen LogP contribution in [0.4, 0.5) is 0 Å². The number of likely N-dealkylation sites (tertiary alicyclic amines) is 1. The zero-order valence-electron chi connectivity index (χ0n) is 16.1. The molecule has 3 aromatic heterocycles. The molecule has 1 amide bonds. The number of carbonyl (C=O) groups excluding carboxylic acids is 1. The zero-order chi connectivity index (χ0) is 19.4. The van der Waals surface area contributed by atoms with E-state index in [9.17, 15) is 9.59 Å². The monoisotopic (exact) mass is 397 g/mol. The highest BCUT2D eigenvalue weighted by molar-refractivity contribution is 7.18. The highest BCUT2D eigenvalue weighted by atomic mass is 32.1. The molecule has 0 spiro atoms. The molecule has 1 saturated carbocycles. The standard InChI is InChI=1S/C21H23N3O3S/c1-12-13(2)28-19-17(12)21(26)24(18(22-19)14-5-6-14)15-7-9-23(10-8-15)20(25)16-4-3-11-27-16/h3-4,11,14-15H,5-10H2,1-2H3. The summed E-state index contributed by atoms with van der Waals surface area (Å²) in [5.74, 6) is 1.66. The molecule has 5 rings (SSSR count). The van der Waals surface area contributed by atoms with Gasteiger partial charge in [0.2, 0.25) is 0 Å². The van der Waals surface area contributed by atoms with E-state index < -0.39 is 0 Å². The summed E-state index contributed by atoms with van der Waals surface area (Å²) in [5.41, 5.74) is 1.16. The molecule has 1 aliphatic carbocycles. The highest BCUT2D eigenvalue weighted by Crippen LogP contribution is 2.41. The summed E-state index contributed by atoms with van der Waals surface area (Å²) >= 11 is 1.62. The molecule has 0 unspecified atom stereocenters. The number of carbonyl (C=O) groups is 1. The minimum Gasteiger partial charge on any atom is -0.459 e. The van der Waals surface area contributed by atoms with Gasteiger partial charge in [0.25, 0.3) is 11.5 Å². The number of furan rings is 1. The third-order valence-electron chi connectivity index (χ3n) is 6.05. The Labute approximate surface area is 166 Å². The Hall–Kier alpha value is -2.41. The zero-order valence-corrected chi connectivity index (χ0v) is 16.9. The van der Waals surface area contributed by atoms with Crippen molar-refractivity contribution in [3.8, 4) is 0 Å². The van der Waals surface area contributed by atoms with Gasteiger partial charge in [-0.25, -0.2) is 4.98 Å². The summed E-state index contributed by atoms with van der Waals surface area (Å²) in [4.78, 5) is 34.8. The van der Waals surface area contributed by atoms with E-state index in [1.165, 1.54) is 6.26 Å². The third kappa shape index (κ3) is 2.80. The van der Waals surface area contributed by atoms with Gasteiger partial charge < -0.3 is 9.32 Å². The Kier molecular flexibility index (Phi) is 4.16. The Balaban J connectivity index is 1.47. The fraction of sp³-hybridized carbons (Fsp3) is 0.476. The van der Waals surface area contributed by atoms with Crippen molar-refractivity contribution in [2.45, 2.75) is 51.5 Å². The molecular weight excluding hydrogens is 374 g/mol. The van der Waals surface area contributed by atoms with E-state index in [0.717, 1.165) is 52.2 Å². The maximum Gasteiger partial charge on any atom is 0.289 e. The van der Waals surface area contributed by atoms with Crippen LogP contribution in [0.15, 0.2) is 27.6 Å². The summed E-state index contributed by atoms with van der Waals surface area (Å²) in [7, 11) is 0. The van der Waals surface area contributed by atoms with Crippen LogP contribution in [0.25, 0.3) is 10.2 Å². The smallest absolute Gasteiger partial charge is 0.289 e. The van der Waals surface area contributed by atoms with Crippen LogP contribution in [0.5, 0.6) is 0 Å². The SMILES string of the molecule is Cc1sc2nc(C3CC3)n(C3CCN(C(=O)c4ccco4)CC3)c(=O)c2c1C. The number of piperidine rings is 1. The number of aromatic nitrogens is 2. The van der Waals surface area contributed by atoms with Crippen LogP contribution in [-0.4, -0.2) is 33.4 Å². The van der Waals surface area contributed by atoms with Gasteiger partial charge in [0.05, 0.1) is 11.6 Å². The lowest BCUT2D eigenvalue weighted by atomic mass is 10.0. The fourth-order valence-electron chi connectivity index (χ4n) is 4.19. The first kappa shape index (κ1) is 17.7. The molecule has 2 aliphatic rings. The first-order valence-corrected chi connectivity index (χ1v) is 10.7. The van der Waals surface area contributed by atoms with Gasteiger partial charge >= 0.3 is 0 Å². The largest absolute Gasteiger partial charge is 0.459 e. The number of amides is 1. The molecule has 1 saturated heterocycles. The summed E-state index contributed by atoms with van der Waals surface area (Å²) in [5, 5.41) is 0.779. The van der Waals surface area contributed by atoms with E-state index in [2.05, 4.69) is 6.92 Å². The highest BCUT2D eigenvalue weighted by Gasteiger charge is 2.34. The number of thiophene rings is 1. The van der Waals surface area contributed by atoms with E-state index in [1.807, 2.05) is 16.4 Å². The third-order valence-corrected chi connectivity index (χ3v) is 7.15. The molecule has 0 aromatic carbocycles. The van der Waals surface area contributed by atoms with E-state index in [1.54, 1.807) is 23.5 Å². The van der Waals surface area contributed by atoms with Crippen molar-refractivity contribution in [1.29, 1.82) is 0 Å². The van der Waals surface area contributed by atoms with Crippen molar-refractivity contribution in [2.24, 2.45) is 0 Å². The lowest BCUT2D eigenvalue weighted by Crippen LogP contribution is -2.41. The molecule has 28 heavy (non-hydrogen) atoms. The normalized spacial score (nSPS) is 18.1. The Morgan fingerprint density at radius 3 is 2.61 bits per heavy atom. The Morgan fingerprint density at radius 2 is 1.96 bits per heavy atom. The molecule has 146 valence electrons. The van der Waals surface area contributed by atoms with Gasteiger partial charge in [-0.2, -0.15) is 0 Å².